The van der Waals surface area contributed by atoms with Gasteiger partial charge in [-0.2, -0.15) is 0 Å². The minimum absolute atomic E-state index is 0.0761. The number of imidazole rings is 1. The van der Waals surface area contributed by atoms with Crippen LogP contribution in [0.5, 0.6) is 5.75 Å². The van der Waals surface area contributed by atoms with Crippen molar-refractivity contribution in [2.45, 2.75) is 13.5 Å². The topological polar surface area (TPSA) is 72.8 Å². The van der Waals surface area contributed by atoms with E-state index >= 15 is 0 Å². The number of rotatable bonds is 4. The Morgan fingerprint density at radius 3 is 2.81 bits per heavy atom. The van der Waals surface area contributed by atoms with Crippen LogP contribution in [0.15, 0.2) is 42.6 Å². The second kappa shape index (κ2) is 5.46. The third-order valence-corrected chi connectivity index (χ3v) is 3.38. The molecule has 0 aliphatic heterocycles. The molecule has 2 aromatic heterocycles. The molecule has 0 amide bonds. The van der Waals surface area contributed by atoms with Gasteiger partial charge < -0.3 is 15.6 Å². The number of aromatic nitrogens is 2. The molecule has 0 atom stereocenters. The number of nitrogens with zero attached hydrogens (tertiary/aromatic N) is 2. The van der Waals surface area contributed by atoms with Gasteiger partial charge >= 0.3 is 0 Å². The first-order valence-electron chi connectivity index (χ1n) is 6.84. The number of aliphatic hydroxyl groups is 1. The maximum Gasteiger partial charge on any atom is 0.144 e. The average molecular weight is 283 g/mol. The van der Waals surface area contributed by atoms with Gasteiger partial charge in [-0.15, -0.1) is 0 Å². The van der Waals surface area contributed by atoms with E-state index in [1.54, 1.807) is 4.40 Å². The van der Waals surface area contributed by atoms with Crippen LogP contribution in [-0.4, -0.2) is 21.1 Å². The van der Waals surface area contributed by atoms with Gasteiger partial charge in [-0.3, -0.25) is 4.40 Å². The third-order valence-electron chi connectivity index (χ3n) is 3.38. The van der Waals surface area contributed by atoms with Gasteiger partial charge in [0.1, 0.15) is 22.9 Å². The van der Waals surface area contributed by atoms with Crippen molar-refractivity contribution in [1.82, 2.24) is 9.38 Å². The summed E-state index contributed by atoms with van der Waals surface area (Å²) in [5, 5.41) is 9.43. The molecule has 0 saturated heterocycles. The molecule has 0 unspecified atom stereocenters. The Labute approximate surface area is 122 Å². The van der Waals surface area contributed by atoms with Crippen LogP contribution in [0.2, 0.25) is 0 Å². The van der Waals surface area contributed by atoms with E-state index in [9.17, 15) is 5.11 Å². The number of pyridine rings is 1. The molecule has 3 aromatic rings. The second-order valence-electron chi connectivity index (χ2n) is 4.66. The van der Waals surface area contributed by atoms with E-state index in [4.69, 9.17) is 10.5 Å². The van der Waals surface area contributed by atoms with Gasteiger partial charge in [0.2, 0.25) is 0 Å². The van der Waals surface area contributed by atoms with Gasteiger partial charge in [0.05, 0.1) is 13.2 Å². The second-order valence-corrected chi connectivity index (χ2v) is 4.66. The minimum atomic E-state index is -0.0761. The summed E-state index contributed by atoms with van der Waals surface area (Å²) < 4.78 is 7.43. The normalized spacial score (nSPS) is 11.0. The summed E-state index contributed by atoms with van der Waals surface area (Å²) in [4.78, 5) is 4.59. The van der Waals surface area contributed by atoms with E-state index in [-0.39, 0.29) is 6.61 Å². The predicted octanol–water partition coefficient (Wildman–Crippen LogP) is 2.47. The molecule has 2 heterocycles. The zero-order valence-corrected chi connectivity index (χ0v) is 11.8. The molecule has 21 heavy (non-hydrogen) atoms. The van der Waals surface area contributed by atoms with Gasteiger partial charge in [0.25, 0.3) is 0 Å². The van der Waals surface area contributed by atoms with Crippen LogP contribution >= 0.6 is 0 Å². The summed E-state index contributed by atoms with van der Waals surface area (Å²) >= 11 is 0. The lowest BCUT2D eigenvalue weighted by atomic mass is 10.1. The van der Waals surface area contributed by atoms with Crippen LogP contribution in [-0.2, 0) is 6.61 Å². The number of nitrogen functional groups attached to an aromatic ring is 1. The third kappa shape index (κ3) is 2.21. The lowest BCUT2D eigenvalue weighted by molar-refractivity contribution is 0.282. The Balaban J connectivity index is 2.24. The fraction of sp³-hybridized carbons (Fsp3) is 0.188. The number of hydrogen-bond donors (Lipinski definition) is 2. The van der Waals surface area contributed by atoms with Crippen molar-refractivity contribution in [3.63, 3.8) is 0 Å². The first-order chi connectivity index (χ1) is 10.3. The molecule has 3 N–H and O–H groups in total. The Morgan fingerprint density at radius 2 is 2.05 bits per heavy atom. The zero-order valence-electron chi connectivity index (χ0n) is 11.8. The zero-order chi connectivity index (χ0) is 14.8. The highest BCUT2D eigenvalue weighted by atomic mass is 16.5. The van der Waals surface area contributed by atoms with E-state index in [0.717, 1.165) is 16.9 Å². The summed E-state index contributed by atoms with van der Waals surface area (Å²) in [6.07, 6.45) is 1.84. The van der Waals surface area contributed by atoms with E-state index in [1.807, 2.05) is 49.5 Å². The molecule has 0 saturated carbocycles. The van der Waals surface area contributed by atoms with Crippen molar-refractivity contribution < 1.29 is 9.84 Å². The summed E-state index contributed by atoms with van der Waals surface area (Å²) in [6.45, 7) is 2.44. The lowest BCUT2D eigenvalue weighted by Gasteiger charge is -2.08. The number of ether oxygens (including phenoxy) is 1. The number of aliphatic hydroxyl groups excluding tert-OH is 1. The maximum absolute atomic E-state index is 9.43. The molecular weight excluding hydrogens is 266 g/mol. The highest BCUT2D eigenvalue weighted by Crippen LogP contribution is 2.34. The smallest absolute Gasteiger partial charge is 0.144 e. The van der Waals surface area contributed by atoms with Gasteiger partial charge in [-0.05, 0) is 25.1 Å². The molecule has 0 aliphatic rings. The van der Waals surface area contributed by atoms with E-state index in [1.165, 1.54) is 0 Å². The summed E-state index contributed by atoms with van der Waals surface area (Å²) in [5.74, 6) is 1.29. The monoisotopic (exact) mass is 283 g/mol. The molecular formula is C16H17N3O2. The van der Waals surface area contributed by atoms with Crippen molar-refractivity contribution in [2.75, 3.05) is 12.3 Å². The Morgan fingerprint density at radius 1 is 1.24 bits per heavy atom. The van der Waals surface area contributed by atoms with E-state index < -0.39 is 0 Å². The fourth-order valence-corrected chi connectivity index (χ4v) is 2.41. The Kier molecular flexibility index (Phi) is 3.50. The van der Waals surface area contributed by atoms with E-state index in [2.05, 4.69) is 4.98 Å². The number of fused-ring (bicyclic) bond motifs is 1. The van der Waals surface area contributed by atoms with Crippen molar-refractivity contribution in [2.24, 2.45) is 0 Å². The fourth-order valence-electron chi connectivity index (χ4n) is 2.41. The van der Waals surface area contributed by atoms with Crippen LogP contribution < -0.4 is 10.5 Å². The predicted molar refractivity (Wildman–Crippen MR) is 82.1 cm³/mol. The van der Waals surface area contributed by atoms with Gasteiger partial charge in [-0.25, -0.2) is 4.98 Å². The Bertz CT molecular complexity index is 780. The molecule has 5 nitrogen and oxygen atoms in total. The van der Waals surface area contributed by atoms with E-state index in [0.29, 0.717) is 23.8 Å². The van der Waals surface area contributed by atoms with Gasteiger partial charge in [0.15, 0.2) is 0 Å². The average Bonchev–Trinajstić information content (AvgIpc) is 2.85. The van der Waals surface area contributed by atoms with Crippen LogP contribution in [0.1, 0.15) is 12.5 Å². The van der Waals surface area contributed by atoms with Crippen molar-refractivity contribution in [3.8, 4) is 17.0 Å². The highest BCUT2D eigenvalue weighted by Gasteiger charge is 2.16. The molecule has 0 aliphatic carbocycles. The minimum Gasteiger partial charge on any atom is -0.493 e. The summed E-state index contributed by atoms with van der Waals surface area (Å²) in [7, 11) is 0. The molecule has 0 spiro atoms. The summed E-state index contributed by atoms with van der Waals surface area (Å²) in [6, 6.07) is 11.3. The Hall–Kier alpha value is -2.53. The number of anilines is 1. The van der Waals surface area contributed by atoms with Crippen LogP contribution in [0.4, 0.5) is 5.82 Å². The number of nitrogens with two attached hydrogens (primary N) is 1. The van der Waals surface area contributed by atoms with Crippen LogP contribution in [0.25, 0.3) is 16.9 Å². The van der Waals surface area contributed by atoms with Crippen LogP contribution in [0.3, 0.4) is 0 Å². The first kappa shape index (κ1) is 13.5. The quantitative estimate of drug-likeness (QED) is 0.771. The van der Waals surface area contributed by atoms with Crippen molar-refractivity contribution in [3.05, 3.63) is 48.2 Å². The molecule has 1 aromatic carbocycles. The van der Waals surface area contributed by atoms with Crippen molar-refractivity contribution >= 4 is 11.5 Å². The van der Waals surface area contributed by atoms with Gasteiger partial charge in [0, 0.05) is 17.3 Å². The number of hydrogen-bond acceptors (Lipinski definition) is 4. The largest absolute Gasteiger partial charge is 0.493 e. The lowest BCUT2D eigenvalue weighted by Crippen LogP contribution is -1.97. The van der Waals surface area contributed by atoms with Gasteiger partial charge in [-0.1, -0.05) is 18.2 Å². The maximum atomic E-state index is 9.43. The summed E-state index contributed by atoms with van der Waals surface area (Å²) in [5.41, 5.74) is 9.15. The SMILES string of the molecule is CCOc1ccccc1-c1nc2c(CO)cccn2c1N. The van der Waals surface area contributed by atoms with Crippen molar-refractivity contribution in [1.29, 1.82) is 0 Å². The molecule has 3 rings (SSSR count). The number of benzene rings is 1. The standard InChI is InChI=1S/C16H17N3O2/c1-2-21-13-8-4-3-7-12(13)14-15(17)19-9-5-6-11(10-20)16(19)18-14/h3-9,20H,2,10,17H2,1H3. The van der Waals surface area contributed by atoms with Crippen LogP contribution in [0, 0.1) is 0 Å². The number of para-hydroxylation sites is 1. The molecule has 0 radical (unpaired) electrons. The highest BCUT2D eigenvalue weighted by molar-refractivity contribution is 5.79. The first-order valence-corrected chi connectivity index (χ1v) is 6.84. The molecule has 0 fully saturated rings. The molecule has 0 bridgehead atoms. The molecule has 108 valence electrons. The molecule has 5 heteroatoms.